The van der Waals surface area contributed by atoms with Gasteiger partial charge in [-0.15, -0.1) is 0 Å². The molecule has 0 spiro atoms. The number of aromatic amines is 1. The molecule has 5 rings (SSSR count). The molecule has 2 N–H and O–H groups in total. The lowest BCUT2D eigenvalue weighted by Crippen LogP contribution is -2.26. The minimum Gasteiger partial charge on any atom is -0.504 e. The number of phenolic OH excluding ortho intramolecular Hbond substituents is 1. The number of fused-ring (bicyclic) bond motifs is 2. The van der Waals surface area contributed by atoms with Crippen molar-refractivity contribution in [1.29, 1.82) is 0 Å². The van der Waals surface area contributed by atoms with Crippen LogP contribution in [0.5, 0.6) is 11.5 Å². The lowest BCUT2D eigenvalue weighted by molar-refractivity contribution is 0.312. The molecule has 0 aliphatic carbocycles. The van der Waals surface area contributed by atoms with Gasteiger partial charge in [-0.05, 0) is 29.8 Å². The molecule has 7 heteroatoms. The van der Waals surface area contributed by atoms with Crippen molar-refractivity contribution in [1.82, 2.24) is 19.9 Å². The zero-order chi connectivity index (χ0) is 18.2. The van der Waals surface area contributed by atoms with Crippen LogP contribution in [-0.2, 0) is 6.54 Å². The number of ether oxygens (including phenoxy) is 1. The summed E-state index contributed by atoms with van der Waals surface area (Å²) in [7, 11) is 0. The quantitative estimate of drug-likeness (QED) is 0.572. The van der Waals surface area contributed by atoms with E-state index in [9.17, 15) is 5.11 Å². The zero-order valence-electron chi connectivity index (χ0n) is 14.5. The summed E-state index contributed by atoms with van der Waals surface area (Å²) in [6.07, 6.45) is 6.93. The van der Waals surface area contributed by atoms with Crippen molar-refractivity contribution in [3.8, 4) is 22.6 Å². The molecule has 0 amide bonds. The summed E-state index contributed by atoms with van der Waals surface area (Å²) >= 11 is 0. The Morgan fingerprint density at radius 1 is 1.15 bits per heavy atom. The van der Waals surface area contributed by atoms with E-state index in [0.717, 1.165) is 33.5 Å². The number of benzene rings is 1. The highest BCUT2D eigenvalue weighted by atomic mass is 16.5. The second-order valence-electron chi connectivity index (χ2n) is 6.43. The van der Waals surface area contributed by atoms with Crippen molar-refractivity contribution >= 4 is 16.9 Å². The summed E-state index contributed by atoms with van der Waals surface area (Å²) in [6.45, 7) is 1.70. The van der Waals surface area contributed by atoms with Gasteiger partial charge >= 0.3 is 0 Å². The van der Waals surface area contributed by atoms with Gasteiger partial charge in [-0.1, -0.05) is 6.07 Å². The average Bonchev–Trinajstić information content (AvgIpc) is 3.08. The molecule has 0 fully saturated rings. The van der Waals surface area contributed by atoms with E-state index in [1.54, 1.807) is 24.8 Å². The molecule has 0 saturated carbocycles. The van der Waals surface area contributed by atoms with Crippen LogP contribution in [0.4, 0.5) is 5.82 Å². The molecule has 27 heavy (non-hydrogen) atoms. The van der Waals surface area contributed by atoms with Crippen molar-refractivity contribution in [3.05, 3.63) is 60.8 Å². The fourth-order valence-electron chi connectivity index (χ4n) is 3.49. The molecule has 7 nitrogen and oxygen atoms in total. The molecule has 4 heterocycles. The van der Waals surface area contributed by atoms with E-state index in [0.29, 0.717) is 25.4 Å². The predicted molar refractivity (Wildman–Crippen MR) is 102 cm³/mol. The second kappa shape index (κ2) is 6.28. The number of phenols is 1. The third-order valence-electron chi connectivity index (χ3n) is 4.74. The number of nitrogens with one attached hydrogen (secondary N) is 1. The Balaban J connectivity index is 1.58. The summed E-state index contributed by atoms with van der Waals surface area (Å²) in [5, 5.41) is 11.5. The summed E-state index contributed by atoms with van der Waals surface area (Å²) in [5.74, 6) is 1.52. The van der Waals surface area contributed by atoms with E-state index in [1.807, 2.05) is 30.5 Å². The highest BCUT2D eigenvalue weighted by Gasteiger charge is 2.22. The van der Waals surface area contributed by atoms with E-state index >= 15 is 0 Å². The van der Waals surface area contributed by atoms with E-state index in [-0.39, 0.29) is 5.75 Å². The Labute approximate surface area is 155 Å². The van der Waals surface area contributed by atoms with Crippen LogP contribution in [0.25, 0.3) is 22.2 Å². The Morgan fingerprint density at radius 3 is 3.00 bits per heavy atom. The summed E-state index contributed by atoms with van der Waals surface area (Å²) < 4.78 is 5.86. The third-order valence-corrected chi connectivity index (χ3v) is 4.74. The van der Waals surface area contributed by atoms with Crippen LogP contribution in [0.3, 0.4) is 0 Å². The minimum atomic E-state index is 0.141. The van der Waals surface area contributed by atoms with Crippen molar-refractivity contribution < 1.29 is 9.84 Å². The number of nitrogens with zero attached hydrogens (tertiary/aromatic N) is 4. The number of H-pyrrole nitrogens is 1. The largest absolute Gasteiger partial charge is 0.504 e. The van der Waals surface area contributed by atoms with Gasteiger partial charge in [0.2, 0.25) is 0 Å². The predicted octanol–water partition coefficient (Wildman–Crippen LogP) is 3.12. The van der Waals surface area contributed by atoms with E-state index in [2.05, 4.69) is 24.8 Å². The summed E-state index contributed by atoms with van der Waals surface area (Å²) in [4.78, 5) is 18.2. The lowest BCUT2D eigenvalue weighted by atomic mass is 10.0. The first-order chi connectivity index (χ1) is 13.3. The maximum Gasteiger partial charge on any atom is 0.166 e. The first kappa shape index (κ1) is 15.6. The van der Waals surface area contributed by atoms with Crippen LogP contribution < -0.4 is 9.64 Å². The van der Waals surface area contributed by atoms with Gasteiger partial charge < -0.3 is 19.7 Å². The first-order valence-electron chi connectivity index (χ1n) is 8.72. The van der Waals surface area contributed by atoms with E-state index < -0.39 is 0 Å². The molecule has 0 bridgehead atoms. The normalized spacial score (nSPS) is 13.9. The Hall–Kier alpha value is -3.61. The van der Waals surface area contributed by atoms with Gasteiger partial charge in [-0.3, -0.25) is 4.98 Å². The maximum atomic E-state index is 10.5. The molecule has 3 aromatic heterocycles. The van der Waals surface area contributed by atoms with Crippen LogP contribution >= 0.6 is 0 Å². The lowest BCUT2D eigenvalue weighted by Gasteiger charge is -2.21. The smallest absolute Gasteiger partial charge is 0.166 e. The minimum absolute atomic E-state index is 0.141. The van der Waals surface area contributed by atoms with E-state index in [4.69, 9.17) is 4.74 Å². The SMILES string of the molecule is Oc1cc(-c2cccnc2)cc2c1OCCN(c1ncnc3[nH]ccc13)C2. The van der Waals surface area contributed by atoms with Crippen molar-refractivity contribution in [2.45, 2.75) is 6.54 Å². The highest BCUT2D eigenvalue weighted by molar-refractivity contribution is 5.87. The number of hydrogen-bond donors (Lipinski definition) is 2. The molecular formula is C20H17N5O2. The van der Waals surface area contributed by atoms with Crippen LogP contribution in [0.2, 0.25) is 0 Å². The topological polar surface area (TPSA) is 87.2 Å². The van der Waals surface area contributed by atoms with Gasteiger partial charge in [-0.25, -0.2) is 9.97 Å². The van der Waals surface area contributed by atoms with Gasteiger partial charge in [0.05, 0.1) is 11.9 Å². The van der Waals surface area contributed by atoms with E-state index in [1.165, 1.54) is 0 Å². The van der Waals surface area contributed by atoms with Crippen LogP contribution in [0.1, 0.15) is 5.56 Å². The van der Waals surface area contributed by atoms with Crippen LogP contribution in [-0.4, -0.2) is 38.2 Å². The molecule has 4 aromatic rings. The van der Waals surface area contributed by atoms with Crippen LogP contribution in [0, 0.1) is 0 Å². The van der Waals surface area contributed by atoms with Gasteiger partial charge in [0.1, 0.15) is 24.4 Å². The average molecular weight is 359 g/mol. The van der Waals surface area contributed by atoms with Crippen molar-refractivity contribution in [3.63, 3.8) is 0 Å². The molecule has 0 unspecified atom stereocenters. The fraction of sp³-hybridized carbons (Fsp3) is 0.150. The standard InChI is InChI=1S/C20H17N5O2/c26-17-9-14(13-2-1-4-21-10-13)8-15-11-25(6-7-27-18(15)17)20-16-3-5-22-19(16)23-12-24-20/h1-5,8-10,12,26H,6-7,11H2,(H,22,23,24). The van der Waals surface area contributed by atoms with Gasteiger partial charge in [0, 0.05) is 36.3 Å². The number of rotatable bonds is 2. The number of anilines is 1. The molecule has 1 aliphatic heterocycles. The third kappa shape index (κ3) is 2.73. The zero-order valence-corrected chi connectivity index (χ0v) is 14.5. The Morgan fingerprint density at radius 2 is 2.11 bits per heavy atom. The maximum absolute atomic E-state index is 10.5. The molecule has 134 valence electrons. The van der Waals surface area contributed by atoms with Crippen molar-refractivity contribution in [2.24, 2.45) is 0 Å². The number of pyridine rings is 1. The molecular weight excluding hydrogens is 342 g/mol. The van der Waals surface area contributed by atoms with Crippen molar-refractivity contribution in [2.75, 3.05) is 18.1 Å². The fourth-order valence-corrected chi connectivity index (χ4v) is 3.49. The Kier molecular flexibility index (Phi) is 3.64. The number of aromatic nitrogens is 4. The molecule has 0 radical (unpaired) electrons. The summed E-state index contributed by atoms with van der Waals surface area (Å²) in [5.41, 5.74) is 3.56. The molecule has 1 aliphatic rings. The Bertz CT molecular complexity index is 1110. The highest BCUT2D eigenvalue weighted by Crippen LogP contribution is 2.38. The second-order valence-corrected chi connectivity index (χ2v) is 6.43. The number of aromatic hydroxyl groups is 1. The molecule has 1 aromatic carbocycles. The number of hydrogen-bond acceptors (Lipinski definition) is 6. The van der Waals surface area contributed by atoms with Gasteiger partial charge in [-0.2, -0.15) is 0 Å². The van der Waals surface area contributed by atoms with Gasteiger partial charge in [0.25, 0.3) is 0 Å². The van der Waals surface area contributed by atoms with Gasteiger partial charge in [0.15, 0.2) is 11.5 Å². The summed E-state index contributed by atoms with van der Waals surface area (Å²) in [6, 6.07) is 9.59. The monoisotopic (exact) mass is 359 g/mol. The first-order valence-corrected chi connectivity index (χ1v) is 8.72. The van der Waals surface area contributed by atoms with Crippen LogP contribution in [0.15, 0.2) is 55.2 Å². The molecule has 0 atom stereocenters. The molecule has 0 saturated heterocycles.